The number of hydrogen-bond acceptors (Lipinski definition) is 5. The van der Waals surface area contributed by atoms with E-state index in [1.54, 1.807) is 19.5 Å². The molecule has 1 N–H and O–H groups in total. The van der Waals surface area contributed by atoms with Gasteiger partial charge >= 0.3 is 0 Å². The van der Waals surface area contributed by atoms with Crippen LogP contribution in [-0.2, 0) is 4.79 Å². The Morgan fingerprint density at radius 3 is 2.62 bits per heavy atom. The number of nitrogens with one attached hydrogen (secondary N) is 1. The number of amides is 1. The molecule has 7 heteroatoms. The molecule has 1 fully saturated rings. The summed E-state index contributed by atoms with van der Waals surface area (Å²) < 4.78 is 7.23. The van der Waals surface area contributed by atoms with E-state index in [-0.39, 0.29) is 5.91 Å². The summed E-state index contributed by atoms with van der Waals surface area (Å²) in [6.45, 7) is 2.34. The number of carbonyl (C=O) groups excluding carboxylic acids is 1. The van der Waals surface area contributed by atoms with Crippen molar-refractivity contribution in [1.82, 2.24) is 19.3 Å². The Bertz CT molecular complexity index is 959. The number of ether oxygens (including phenoxy) is 1. The molecule has 29 heavy (non-hydrogen) atoms. The predicted molar refractivity (Wildman–Crippen MR) is 113 cm³/mol. The summed E-state index contributed by atoms with van der Waals surface area (Å²) in [6.07, 6.45) is 10.5. The number of anilines is 1. The highest BCUT2D eigenvalue weighted by molar-refractivity contribution is 5.79. The van der Waals surface area contributed by atoms with E-state index in [1.807, 2.05) is 39.8 Å². The van der Waals surface area contributed by atoms with Gasteiger partial charge in [-0.25, -0.2) is 4.98 Å². The van der Waals surface area contributed by atoms with E-state index in [4.69, 9.17) is 9.72 Å². The van der Waals surface area contributed by atoms with Crippen LogP contribution in [0.5, 0.6) is 5.75 Å². The van der Waals surface area contributed by atoms with E-state index in [9.17, 15) is 4.79 Å². The lowest BCUT2D eigenvalue weighted by atomic mass is 10.1. The Morgan fingerprint density at radius 2 is 1.90 bits per heavy atom. The van der Waals surface area contributed by atoms with E-state index in [0.29, 0.717) is 13.0 Å². The van der Waals surface area contributed by atoms with E-state index in [2.05, 4.69) is 10.3 Å². The quantitative estimate of drug-likeness (QED) is 0.693. The summed E-state index contributed by atoms with van der Waals surface area (Å²) in [5.41, 5.74) is 2.58. The first-order chi connectivity index (χ1) is 14.3. The fourth-order valence-corrected chi connectivity index (χ4v) is 3.79. The minimum atomic E-state index is 0.223. The number of methoxy groups -OCH3 is 1. The third kappa shape index (κ3) is 4.34. The average Bonchev–Trinajstić information content (AvgIpc) is 2.92. The summed E-state index contributed by atoms with van der Waals surface area (Å²) in [5.74, 6) is 1.90. The Balaban J connectivity index is 1.52. The zero-order chi connectivity index (χ0) is 20.1. The molecule has 152 valence electrons. The van der Waals surface area contributed by atoms with Gasteiger partial charge in [0.05, 0.1) is 13.3 Å². The van der Waals surface area contributed by atoms with Crippen molar-refractivity contribution in [3.05, 3.63) is 42.9 Å². The largest absolute Gasteiger partial charge is 0.497 e. The highest BCUT2D eigenvalue weighted by atomic mass is 16.5. The Hall–Kier alpha value is -3.09. The molecule has 1 aliphatic rings. The smallest absolute Gasteiger partial charge is 0.224 e. The summed E-state index contributed by atoms with van der Waals surface area (Å²) in [4.78, 5) is 23.5. The minimum absolute atomic E-state index is 0.223. The molecular formula is C22H27N5O2. The molecule has 4 rings (SSSR count). The summed E-state index contributed by atoms with van der Waals surface area (Å²) >= 11 is 0. The topological polar surface area (TPSA) is 71.8 Å². The number of benzene rings is 1. The van der Waals surface area contributed by atoms with Gasteiger partial charge in [-0.2, -0.15) is 0 Å². The molecule has 1 aromatic carbocycles. The molecule has 3 aromatic rings. The first-order valence-corrected chi connectivity index (χ1v) is 10.2. The van der Waals surface area contributed by atoms with Crippen LogP contribution in [0.3, 0.4) is 0 Å². The highest BCUT2D eigenvalue weighted by Gasteiger charge is 2.17. The third-order valence-electron chi connectivity index (χ3n) is 5.38. The molecule has 0 bridgehead atoms. The normalized spacial score (nSPS) is 14.6. The summed E-state index contributed by atoms with van der Waals surface area (Å²) in [6, 6.07) is 7.82. The number of rotatable bonds is 6. The number of fused-ring (bicyclic) bond motifs is 1. The van der Waals surface area contributed by atoms with Crippen LogP contribution in [0, 0.1) is 0 Å². The van der Waals surface area contributed by atoms with Crippen molar-refractivity contribution in [2.24, 2.45) is 0 Å². The second-order valence-corrected chi connectivity index (χ2v) is 7.31. The number of imidazole rings is 1. The van der Waals surface area contributed by atoms with E-state index in [0.717, 1.165) is 54.4 Å². The molecule has 1 saturated heterocycles. The van der Waals surface area contributed by atoms with Crippen LogP contribution in [-0.4, -0.2) is 51.9 Å². The maximum Gasteiger partial charge on any atom is 0.224 e. The zero-order valence-corrected chi connectivity index (χ0v) is 16.8. The lowest BCUT2D eigenvalue weighted by Crippen LogP contribution is -2.33. The van der Waals surface area contributed by atoms with Crippen LogP contribution < -0.4 is 10.1 Å². The number of hydrogen-bond donors (Lipinski definition) is 1. The third-order valence-corrected chi connectivity index (χ3v) is 5.38. The molecule has 0 saturated carbocycles. The Kier molecular flexibility index (Phi) is 5.93. The minimum Gasteiger partial charge on any atom is -0.497 e. The molecule has 7 nitrogen and oxygen atoms in total. The first-order valence-electron chi connectivity index (χ1n) is 10.2. The molecule has 2 aromatic heterocycles. The Morgan fingerprint density at radius 1 is 1.14 bits per heavy atom. The summed E-state index contributed by atoms with van der Waals surface area (Å²) in [5, 5.41) is 3.44. The van der Waals surface area contributed by atoms with Crippen LogP contribution in [0.1, 0.15) is 32.1 Å². The van der Waals surface area contributed by atoms with E-state index >= 15 is 0 Å². The van der Waals surface area contributed by atoms with Crippen LogP contribution in [0.4, 0.5) is 5.82 Å². The molecule has 1 aliphatic heterocycles. The van der Waals surface area contributed by atoms with Gasteiger partial charge in [0.25, 0.3) is 0 Å². The van der Waals surface area contributed by atoms with Crippen LogP contribution in [0.2, 0.25) is 0 Å². The van der Waals surface area contributed by atoms with Crippen molar-refractivity contribution in [1.29, 1.82) is 0 Å². The van der Waals surface area contributed by atoms with Crippen molar-refractivity contribution in [3.8, 4) is 17.0 Å². The maximum absolute atomic E-state index is 12.6. The van der Waals surface area contributed by atoms with Crippen molar-refractivity contribution in [2.45, 2.75) is 32.1 Å². The number of carbonyl (C=O) groups is 1. The zero-order valence-electron chi connectivity index (χ0n) is 16.8. The molecule has 0 spiro atoms. The molecule has 0 atom stereocenters. The Labute approximate surface area is 170 Å². The molecule has 0 unspecified atom stereocenters. The predicted octanol–water partition coefficient (Wildman–Crippen LogP) is 3.61. The monoisotopic (exact) mass is 393 g/mol. The van der Waals surface area contributed by atoms with Gasteiger partial charge in [0.15, 0.2) is 5.65 Å². The van der Waals surface area contributed by atoms with E-state index in [1.165, 1.54) is 12.8 Å². The molecule has 1 amide bonds. The van der Waals surface area contributed by atoms with Gasteiger partial charge in [0.1, 0.15) is 17.3 Å². The van der Waals surface area contributed by atoms with Gasteiger partial charge in [-0.3, -0.25) is 14.2 Å². The first kappa shape index (κ1) is 19.2. The number of aromatic nitrogens is 3. The molecular weight excluding hydrogens is 366 g/mol. The lowest BCUT2D eigenvalue weighted by molar-refractivity contribution is -0.130. The molecule has 3 heterocycles. The fourth-order valence-electron chi connectivity index (χ4n) is 3.79. The van der Waals surface area contributed by atoms with Gasteiger partial charge in [-0.05, 0) is 37.1 Å². The van der Waals surface area contributed by atoms with Crippen molar-refractivity contribution in [3.63, 3.8) is 0 Å². The average molecular weight is 393 g/mol. The van der Waals surface area contributed by atoms with Gasteiger partial charge in [-0.15, -0.1) is 0 Å². The second kappa shape index (κ2) is 8.94. The maximum atomic E-state index is 12.6. The van der Waals surface area contributed by atoms with Gasteiger partial charge in [-0.1, -0.05) is 12.8 Å². The number of nitrogens with zero attached hydrogens (tertiary/aromatic N) is 4. The SMILES string of the molecule is COc1ccc(-c2nc3cnccn3c2NCCC(=O)N2CCCCCC2)cc1. The molecule has 0 aliphatic carbocycles. The lowest BCUT2D eigenvalue weighted by Gasteiger charge is -2.20. The number of likely N-dealkylation sites (tertiary alicyclic amines) is 1. The van der Waals surface area contributed by atoms with Gasteiger partial charge in [0.2, 0.25) is 5.91 Å². The highest BCUT2D eigenvalue weighted by Crippen LogP contribution is 2.29. The van der Waals surface area contributed by atoms with Crippen molar-refractivity contribution in [2.75, 3.05) is 32.1 Å². The van der Waals surface area contributed by atoms with Crippen LogP contribution >= 0.6 is 0 Å². The van der Waals surface area contributed by atoms with E-state index < -0.39 is 0 Å². The summed E-state index contributed by atoms with van der Waals surface area (Å²) in [7, 11) is 1.65. The standard InChI is InChI=1S/C22H27N5O2/c1-29-18-8-6-17(7-9-18)21-22(27-15-12-23-16-19(27)25-21)24-11-10-20(28)26-13-4-2-3-5-14-26/h6-9,12,15-16,24H,2-5,10-11,13-14H2,1H3. The van der Waals surface area contributed by atoms with Crippen LogP contribution in [0.15, 0.2) is 42.9 Å². The molecule has 0 radical (unpaired) electrons. The fraction of sp³-hybridized carbons (Fsp3) is 0.409. The van der Waals surface area contributed by atoms with Crippen molar-refractivity contribution >= 4 is 17.4 Å². The second-order valence-electron chi connectivity index (χ2n) is 7.31. The van der Waals surface area contributed by atoms with Crippen molar-refractivity contribution < 1.29 is 9.53 Å². The van der Waals surface area contributed by atoms with Crippen LogP contribution in [0.25, 0.3) is 16.9 Å². The van der Waals surface area contributed by atoms with Gasteiger partial charge < -0.3 is 15.0 Å². The van der Waals surface area contributed by atoms with Gasteiger partial charge in [0, 0.05) is 44.0 Å².